The molecule has 1 fully saturated rings. The third kappa shape index (κ3) is 5.12. The minimum Gasteiger partial charge on any atom is -0.479 e. The molecule has 0 aliphatic heterocycles. The van der Waals surface area contributed by atoms with E-state index in [-0.39, 0.29) is 19.1 Å². The second-order valence-corrected chi connectivity index (χ2v) is 8.69. The highest BCUT2D eigenvalue weighted by atomic mass is 16.5. The summed E-state index contributed by atoms with van der Waals surface area (Å²) in [6.07, 6.45) is 2.39. The third-order valence-corrected chi connectivity index (χ3v) is 6.50. The van der Waals surface area contributed by atoms with Gasteiger partial charge in [0.2, 0.25) is 0 Å². The van der Waals surface area contributed by atoms with Crippen LogP contribution < -0.4 is 10.1 Å². The van der Waals surface area contributed by atoms with E-state index in [1.165, 1.54) is 21.9 Å². The van der Waals surface area contributed by atoms with Gasteiger partial charge in [0.15, 0.2) is 6.10 Å². The van der Waals surface area contributed by atoms with Crippen molar-refractivity contribution < 1.29 is 19.7 Å². The zero-order valence-corrected chi connectivity index (χ0v) is 18.4. The highest BCUT2D eigenvalue weighted by molar-refractivity contribution is 5.86. The van der Waals surface area contributed by atoms with Gasteiger partial charge in [-0.3, -0.25) is 0 Å². The number of hydrogen-bond acceptors (Lipinski definition) is 4. The first kappa shape index (κ1) is 22.3. The molecule has 0 spiro atoms. The lowest BCUT2D eigenvalue weighted by atomic mass is 9.96. The summed E-state index contributed by atoms with van der Waals surface area (Å²) in [4.78, 5) is 11.2. The van der Waals surface area contributed by atoms with Gasteiger partial charge in [0.1, 0.15) is 5.75 Å². The van der Waals surface area contributed by atoms with Crippen molar-refractivity contribution in [3.63, 3.8) is 0 Å². The Balaban J connectivity index is 1.36. The Hall–Kier alpha value is -2.89. The summed E-state index contributed by atoms with van der Waals surface area (Å²) >= 11 is 0. The molecule has 3 aromatic carbocycles. The molecule has 1 unspecified atom stereocenters. The van der Waals surface area contributed by atoms with Crippen molar-refractivity contribution in [2.75, 3.05) is 6.61 Å². The van der Waals surface area contributed by atoms with Gasteiger partial charge in [0, 0.05) is 25.1 Å². The van der Waals surface area contributed by atoms with Crippen LogP contribution in [0.25, 0.3) is 10.8 Å². The largest absolute Gasteiger partial charge is 0.479 e. The van der Waals surface area contributed by atoms with E-state index in [1.54, 1.807) is 0 Å². The Kier molecular flexibility index (Phi) is 7.08. The summed E-state index contributed by atoms with van der Waals surface area (Å²) in [5.74, 6) is -0.0611. The van der Waals surface area contributed by atoms with Crippen LogP contribution in [0.5, 0.6) is 5.75 Å². The molecule has 4 atom stereocenters. The predicted molar refractivity (Wildman–Crippen MR) is 126 cm³/mol. The van der Waals surface area contributed by atoms with Crippen LogP contribution >= 0.6 is 0 Å². The van der Waals surface area contributed by atoms with E-state index in [2.05, 4.69) is 54.7 Å². The van der Waals surface area contributed by atoms with Crippen LogP contribution in [-0.4, -0.2) is 34.9 Å². The van der Waals surface area contributed by atoms with E-state index in [0.717, 1.165) is 19.3 Å². The number of fused-ring (bicyclic) bond motifs is 1. The van der Waals surface area contributed by atoms with Crippen LogP contribution in [-0.2, 0) is 4.79 Å². The predicted octanol–water partition coefficient (Wildman–Crippen LogP) is 5.04. The number of carboxylic acids is 1. The molecule has 5 nitrogen and oxygen atoms in total. The van der Waals surface area contributed by atoms with Gasteiger partial charge in [-0.15, -0.1) is 0 Å². The fourth-order valence-electron chi connectivity index (χ4n) is 4.84. The summed E-state index contributed by atoms with van der Waals surface area (Å²) < 4.78 is 5.52. The molecule has 4 rings (SSSR count). The Labute approximate surface area is 189 Å². The van der Waals surface area contributed by atoms with E-state index >= 15 is 0 Å². The monoisotopic (exact) mass is 433 g/mol. The van der Waals surface area contributed by atoms with Crippen molar-refractivity contribution in [2.24, 2.45) is 0 Å². The zero-order valence-electron chi connectivity index (χ0n) is 18.4. The van der Waals surface area contributed by atoms with Gasteiger partial charge in [-0.05, 0) is 66.1 Å². The van der Waals surface area contributed by atoms with Crippen LogP contribution in [0, 0.1) is 0 Å². The molecule has 0 radical (unpaired) electrons. The van der Waals surface area contributed by atoms with Crippen LogP contribution in [0.2, 0.25) is 0 Å². The minimum absolute atomic E-state index is 0.0714. The highest BCUT2D eigenvalue weighted by Crippen LogP contribution is 2.36. The molecule has 3 N–H and O–H groups in total. The SMILES string of the molecule is C[C@@H](N[C@H]1CC[C@@H](c2ccc(OC(CCO)C(=O)O)cc2)C1)c1cccc2ccccc12. The van der Waals surface area contributed by atoms with Crippen molar-refractivity contribution >= 4 is 16.7 Å². The maximum absolute atomic E-state index is 11.2. The molecule has 5 heteroatoms. The maximum Gasteiger partial charge on any atom is 0.344 e. The van der Waals surface area contributed by atoms with Crippen molar-refractivity contribution in [1.82, 2.24) is 5.32 Å². The number of aliphatic carboxylic acids is 1. The fraction of sp³-hybridized carbons (Fsp3) is 0.370. The summed E-state index contributed by atoms with van der Waals surface area (Å²) in [6.45, 7) is 2.02. The standard InChI is InChI=1S/C27H31NO4/c1-18(24-8-4-6-20-5-2-3-7-25(20)24)28-22-12-9-21(17-22)19-10-13-23(14-11-19)32-26(15-16-29)27(30)31/h2-8,10-11,13-14,18,21-22,26,28-29H,9,12,15-17H2,1H3,(H,30,31)/t18-,21-,22+,26?/m1/s1. The Morgan fingerprint density at radius 3 is 2.56 bits per heavy atom. The van der Waals surface area contributed by atoms with E-state index in [0.29, 0.717) is 17.7 Å². The van der Waals surface area contributed by atoms with E-state index in [9.17, 15) is 9.90 Å². The zero-order chi connectivity index (χ0) is 22.5. The normalized spacial score (nSPS) is 20.2. The van der Waals surface area contributed by atoms with Gasteiger partial charge in [0.05, 0.1) is 0 Å². The number of ether oxygens (including phenoxy) is 1. The number of carboxylic acid groups (broad SMARTS) is 1. The van der Waals surface area contributed by atoms with Crippen LogP contribution in [0.1, 0.15) is 55.7 Å². The van der Waals surface area contributed by atoms with Crippen LogP contribution in [0.4, 0.5) is 0 Å². The Morgan fingerprint density at radius 2 is 1.81 bits per heavy atom. The molecule has 32 heavy (non-hydrogen) atoms. The maximum atomic E-state index is 11.2. The molecule has 0 heterocycles. The topological polar surface area (TPSA) is 78.8 Å². The molecule has 0 aromatic heterocycles. The number of nitrogens with one attached hydrogen (secondary N) is 1. The molecule has 1 aliphatic carbocycles. The highest BCUT2D eigenvalue weighted by Gasteiger charge is 2.27. The second kappa shape index (κ2) is 10.2. The van der Waals surface area contributed by atoms with Crippen molar-refractivity contribution in [3.05, 3.63) is 77.9 Å². The van der Waals surface area contributed by atoms with E-state index in [1.807, 2.05) is 24.3 Å². The minimum atomic E-state index is -1.06. The van der Waals surface area contributed by atoms with Crippen molar-refractivity contribution in [2.45, 2.75) is 56.7 Å². The number of aliphatic hydroxyl groups is 1. The molecule has 3 aromatic rings. The second-order valence-electron chi connectivity index (χ2n) is 8.69. The number of benzene rings is 3. The van der Waals surface area contributed by atoms with Crippen LogP contribution in [0.15, 0.2) is 66.7 Å². The lowest BCUT2D eigenvalue weighted by molar-refractivity contribution is -0.145. The molecule has 168 valence electrons. The van der Waals surface area contributed by atoms with E-state index in [4.69, 9.17) is 9.84 Å². The van der Waals surface area contributed by atoms with E-state index < -0.39 is 12.1 Å². The van der Waals surface area contributed by atoms with Gasteiger partial charge in [-0.2, -0.15) is 0 Å². The van der Waals surface area contributed by atoms with Crippen LogP contribution in [0.3, 0.4) is 0 Å². The average Bonchev–Trinajstić information content (AvgIpc) is 3.27. The van der Waals surface area contributed by atoms with Crippen molar-refractivity contribution in [1.29, 1.82) is 0 Å². The Bertz CT molecular complexity index is 1040. The summed E-state index contributed by atoms with van der Waals surface area (Å²) in [6, 6.07) is 23.5. The number of aliphatic hydroxyl groups excluding tert-OH is 1. The summed E-state index contributed by atoms with van der Waals surface area (Å²) in [5, 5.41) is 24.6. The Morgan fingerprint density at radius 1 is 1.06 bits per heavy atom. The first-order valence-corrected chi connectivity index (χ1v) is 11.4. The number of carbonyl (C=O) groups is 1. The molecule has 1 aliphatic rings. The average molecular weight is 434 g/mol. The van der Waals surface area contributed by atoms with Gasteiger partial charge in [0.25, 0.3) is 0 Å². The third-order valence-electron chi connectivity index (χ3n) is 6.50. The van der Waals surface area contributed by atoms with Gasteiger partial charge >= 0.3 is 5.97 Å². The summed E-state index contributed by atoms with van der Waals surface area (Å²) in [7, 11) is 0. The smallest absolute Gasteiger partial charge is 0.344 e. The van der Waals surface area contributed by atoms with Crippen molar-refractivity contribution in [3.8, 4) is 5.75 Å². The lowest BCUT2D eigenvalue weighted by Crippen LogP contribution is -2.29. The summed E-state index contributed by atoms with van der Waals surface area (Å²) in [5.41, 5.74) is 2.59. The fourth-order valence-corrected chi connectivity index (χ4v) is 4.84. The molecule has 0 bridgehead atoms. The molecular formula is C27H31NO4. The number of hydrogen-bond donors (Lipinski definition) is 3. The molecular weight excluding hydrogens is 402 g/mol. The molecule has 0 saturated heterocycles. The first-order chi connectivity index (χ1) is 15.5. The molecule has 0 amide bonds. The number of rotatable bonds is 9. The lowest BCUT2D eigenvalue weighted by Gasteiger charge is -2.22. The van der Waals surface area contributed by atoms with Gasteiger partial charge < -0.3 is 20.3 Å². The first-order valence-electron chi connectivity index (χ1n) is 11.4. The quantitative estimate of drug-likeness (QED) is 0.441. The molecule has 1 saturated carbocycles. The van der Waals surface area contributed by atoms with Gasteiger partial charge in [-0.1, -0.05) is 54.6 Å². The van der Waals surface area contributed by atoms with Gasteiger partial charge in [-0.25, -0.2) is 4.79 Å².